The molecule has 2 aromatic rings. The molecule has 0 aliphatic carbocycles. The van der Waals surface area contributed by atoms with Crippen LogP contribution >= 0.6 is 11.8 Å². The molecule has 0 radical (unpaired) electrons. The van der Waals surface area contributed by atoms with Crippen LogP contribution in [0.15, 0.2) is 29.4 Å². The van der Waals surface area contributed by atoms with Crippen LogP contribution in [-0.2, 0) is 4.79 Å². The van der Waals surface area contributed by atoms with E-state index in [2.05, 4.69) is 15.5 Å². The van der Waals surface area contributed by atoms with Crippen molar-refractivity contribution in [3.8, 4) is 11.4 Å². The first kappa shape index (κ1) is 18.3. The molecule has 8 heteroatoms. The standard InChI is InChI=1S/C16H23N5O2S/c1-10(2)20(11(3)4)15(23)12(5)24-16-17-18-19-21(16)13-6-8-14(22)9-7-13/h6-12,22H,1-5H3. The maximum Gasteiger partial charge on any atom is 0.236 e. The van der Waals surface area contributed by atoms with Gasteiger partial charge in [0.15, 0.2) is 0 Å². The number of phenolic OH excluding ortho intramolecular Hbond substituents is 1. The molecule has 0 fully saturated rings. The lowest BCUT2D eigenvalue weighted by Crippen LogP contribution is -2.45. The smallest absolute Gasteiger partial charge is 0.236 e. The van der Waals surface area contributed by atoms with Crippen LogP contribution in [0, 0.1) is 0 Å². The average Bonchev–Trinajstić information content (AvgIpc) is 2.95. The lowest BCUT2D eigenvalue weighted by atomic mass is 10.2. The van der Waals surface area contributed by atoms with E-state index in [-0.39, 0.29) is 29.0 Å². The second-order valence-corrected chi connectivity index (χ2v) is 7.39. The molecule has 130 valence electrons. The molecule has 1 atom stereocenters. The number of carbonyl (C=O) groups is 1. The molecule has 24 heavy (non-hydrogen) atoms. The van der Waals surface area contributed by atoms with E-state index in [1.807, 2.05) is 39.5 Å². The van der Waals surface area contributed by atoms with Crippen LogP contribution in [-0.4, -0.2) is 53.5 Å². The van der Waals surface area contributed by atoms with Crippen LogP contribution in [0.25, 0.3) is 5.69 Å². The highest BCUT2D eigenvalue weighted by molar-refractivity contribution is 8.00. The predicted molar refractivity (Wildman–Crippen MR) is 93.3 cm³/mol. The van der Waals surface area contributed by atoms with Gasteiger partial charge in [-0.2, -0.15) is 4.68 Å². The minimum absolute atomic E-state index is 0.0604. The van der Waals surface area contributed by atoms with Gasteiger partial charge >= 0.3 is 0 Å². The fourth-order valence-corrected chi connectivity index (χ4v) is 3.40. The Kier molecular flexibility index (Phi) is 5.82. The highest BCUT2D eigenvalue weighted by atomic mass is 32.2. The maximum atomic E-state index is 12.7. The topological polar surface area (TPSA) is 84.1 Å². The van der Waals surface area contributed by atoms with Crippen molar-refractivity contribution in [3.05, 3.63) is 24.3 Å². The molecular formula is C16H23N5O2S. The first-order valence-electron chi connectivity index (χ1n) is 7.88. The predicted octanol–water partition coefficient (Wildman–Crippen LogP) is 2.49. The largest absolute Gasteiger partial charge is 0.508 e. The third-order valence-corrected chi connectivity index (χ3v) is 4.55. The number of carbonyl (C=O) groups excluding carboxylic acids is 1. The van der Waals surface area contributed by atoms with E-state index in [4.69, 9.17) is 0 Å². The van der Waals surface area contributed by atoms with Crippen LogP contribution in [0.2, 0.25) is 0 Å². The second-order valence-electron chi connectivity index (χ2n) is 6.08. The van der Waals surface area contributed by atoms with Gasteiger partial charge in [0.2, 0.25) is 11.1 Å². The van der Waals surface area contributed by atoms with Crippen molar-refractivity contribution in [1.82, 2.24) is 25.1 Å². The summed E-state index contributed by atoms with van der Waals surface area (Å²) in [5, 5.41) is 21.3. The maximum absolute atomic E-state index is 12.7. The van der Waals surface area contributed by atoms with Gasteiger partial charge in [-0.25, -0.2) is 0 Å². The number of phenols is 1. The second kappa shape index (κ2) is 7.65. The first-order chi connectivity index (χ1) is 11.3. The zero-order valence-corrected chi connectivity index (χ0v) is 15.4. The average molecular weight is 349 g/mol. The van der Waals surface area contributed by atoms with E-state index in [0.717, 1.165) is 5.69 Å². The van der Waals surface area contributed by atoms with Crippen molar-refractivity contribution in [1.29, 1.82) is 0 Å². The minimum atomic E-state index is -0.309. The third-order valence-electron chi connectivity index (χ3n) is 3.53. The Hall–Kier alpha value is -2.09. The monoisotopic (exact) mass is 349 g/mol. The third kappa shape index (κ3) is 4.05. The number of amides is 1. The Labute approximate surface area is 146 Å². The summed E-state index contributed by atoms with van der Waals surface area (Å²) >= 11 is 1.32. The van der Waals surface area contributed by atoms with Crippen LogP contribution in [0.4, 0.5) is 0 Å². The normalized spacial score (nSPS) is 12.6. The Morgan fingerprint density at radius 3 is 2.25 bits per heavy atom. The molecule has 1 amide bonds. The molecule has 1 aromatic carbocycles. The molecule has 2 rings (SSSR count). The number of hydrogen-bond donors (Lipinski definition) is 1. The lowest BCUT2D eigenvalue weighted by Gasteiger charge is -2.32. The van der Waals surface area contributed by atoms with Gasteiger partial charge in [0.25, 0.3) is 0 Å². The van der Waals surface area contributed by atoms with Gasteiger partial charge in [-0.15, -0.1) is 5.10 Å². The number of hydrogen-bond acceptors (Lipinski definition) is 6. The van der Waals surface area contributed by atoms with Crippen molar-refractivity contribution in [2.24, 2.45) is 0 Å². The van der Waals surface area contributed by atoms with Crippen molar-refractivity contribution in [2.75, 3.05) is 0 Å². The number of benzene rings is 1. The number of thioether (sulfide) groups is 1. The van der Waals surface area contributed by atoms with E-state index in [1.165, 1.54) is 11.8 Å². The van der Waals surface area contributed by atoms with E-state index >= 15 is 0 Å². The molecule has 0 saturated heterocycles. The quantitative estimate of drug-likeness (QED) is 0.807. The van der Waals surface area contributed by atoms with Gasteiger partial charge in [-0.05, 0) is 69.3 Å². The van der Waals surface area contributed by atoms with Gasteiger partial charge in [-0.1, -0.05) is 11.8 Å². The Morgan fingerprint density at radius 1 is 1.12 bits per heavy atom. The Bertz CT molecular complexity index is 676. The molecule has 1 aromatic heterocycles. The zero-order chi connectivity index (χ0) is 17.9. The van der Waals surface area contributed by atoms with Crippen molar-refractivity contribution >= 4 is 17.7 Å². The van der Waals surface area contributed by atoms with E-state index in [0.29, 0.717) is 5.16 Å². The summed E-state index contributed by atoms with van der Waals surface area (Å²) in [6, 6.07) is 6.84. The van der Waals surface area contributed by atoms with Crippen LogP contribution in [0.3, 0.4) is 0 Å². The fourth-order valence-electron chi connectivity index (χ4n) is 2.53. The summed E-state index contributed by atoms with van der Waals surface area (Å²) in [5.74, 6) is 0.235. The van der Waals surface area contributed by atoms with Crippen LogP contribution < -0.4 is 0 Å². The highest BCUT2D eigenvalue weighted by Gasteiger charge is 2.27. The number of aromatic hydroxyl groups is 1. The molecule has 7 nitrogen and oxygen atoms in total. The summed E-state index contributed by atoms with van der Waals surface area (Å²) < 4.78 is 1.56. The molecular weight excluding hydrogens is 326 g/mol. The summed E-state index contributed by atoms with van der Waals surface area (Å²) in [7, 11) is 0. The van der Waals surface area contributed by atoms with Gasteiger partial charge in [0.1, 0.15) is 5.75 Å². The Balaban J connectivity index is 2.18. The number of rotatable bonds is 6. The SMILES string of the molecule is CC(Sc1nnnn1-c1ccc(O)cc1)C(=O)N(C(C)C)C(C)C. The fraction of sp³-hybridized carbons (Fsp3) is 0.500. The van der Waals surface area contributed by atoms with Gasteiger partial charge in [-0.3, -0.25) is 4.79 Å². The number of tetrazole rings is 1. The van der Waals surface area contributed by atoms with Crippen molar-refractivity contribution < 1.29 is 9.90 Å². The van der Waals surface area contributed by atoms with Crippen LogP contribution in [0.1, 0.15) is 34.6 Å². The Morgan fingerprint density at radius 2 is 1.71 bits per heavy atom. The summed E-state index contributed by atoms with van der Waals surface area (Å²) in [6.45, 7) is 9.90. The molecule has 0 aliphatic heterocycles. The number of nitrogens with zero attached hydrogens (tertiary/aromatic N) is 5. The van der Waals surface area contributed by atoms with Crippen molar-refractivity contribution in [3.63, 3.8) is 0 Å². The molecule has 1 unspecified atom stereocenters. The number of aromatic nitrogens is 4. The molecule has 0 bridgehead atoms. The zero-order valence-electron chi connectivity index (χ0n) is 14.5. The molecule has 0 spiro atoms. The van der Waals surface area contributed by atoms with E-state index in [1.54, 1.807) is 28.9 Å². The highest BCUT2D eigenvalue weighted by Crippen LogP contribution is 2.25. The van der Waals surface area contributed by atoms with Gasteiger partial charge in [0.05, 0.1) is 10.9 Å². The minimum Gasteiger partial charge on any atom is -0.508 e. The first-order valence-corrected chi connectivity index (χ1v) is 8.75. The summed E-state index contributed by atoms with van der Waals surface area (Å²) in [6.07, 6.45) is 0. The lowest BCUT2D eigenvalue weighted by molar-refractivity contribution is -0.133. The summed E-state index contributed by atoms with van der Waals surface area (Å²) in [5.41, 5.74) is 0.726. The van der Waals surface area contributed by atoms with Crippen LogP contribution in [0.5, 0.6) is 5.75 Å². The van der Waals surface area contributed by atoms with Gasteiger partial charge in [0, 0.05) is 12.1 Å². The van der Waals surface area contributed by atoms with Gasteiger partial charge < -0.3 is 10.0 Å². The van der Waals surface area contributed by atoms with Crippen molar-refractivity contribution in [2.45, 2.75) is 57.1 Å². The molecule has 0 aliphatic rings. The summed E-state index contributed by atoms with van der Waals surface area (Å²) in [4.78, 5) is 14.6. The van der Waals surface area contributed by atoms with E-state index in [9.17, 15) is 9.90 Å². The molecule has 0 saturated carbocycles. The molecule has 1 N–H and O–H groups in total. The molecule has 1 heterocycles. The van der Waals surface area contributed by atoms with E-state index < -0.39 is 0 Å².